The van der Waals surface area contributed by atoms with Crippen molar-refractivity contribution in [2.45, 2.75) is 25.7 Å². The summed E-state index contributed by atoms with van der Waals surface area (Å²) in [6.45, 7) is 2.97. The Morgan fingerprint density at radius 3 is 2.67 bits per heavy atom. The molecule has 1 heterocycles. The molecule has 1 aliphatic heterocycles. The molecule has 0 aromatic carbocycles. The predicted molar refractivity (Wildman–Crippen MR) is 58.5 cm³/mol. The monoisotopic (exact) mass is 212 g/mol. The Morgan fingerprint density at radius 1 is 1.47 bits per heavy atom. The van der Waals surface area contributed by atoms with Crippen LogP contribution in [0, 0.1) is 5.92 Å². The molecule has 0 aromatic heterocycles. The minimum Gasteiger partial charge on any atom is -0.359 e. The van der Waals surface area contributed by atoms with E-state index in [-0.39, 0.29) is 11.8 Å². The molecule has 0 aromatic rings. The van der Waals surface area contributed by atoms with E-state index in [4.69, 9.17) is 0 Å². The quantitative estimate of drug-likeness (QED) is 0.672. The Hall–Kier alpha value is -0.900. The van der Waals surface area contributed by atoms with Crippen LogP contribution in [0.3, 0.4) is 0 Å². The van der Waals surface area contributed by atoms with Crippen molar-refractivity contribution in [3.05, 3.63) is 0 Å². The molecule has 0 bridgehead atoms. The highest BCUT2D eigenvalue weighted by Crippen LogP contribution is 2.14. The second-order valence-electron chi connectivity index (χ2n) is 4.09. The molecule has 0 atom stereocenters. The van der Waals surface area contributed by atoms with Gasteiger partial charge in [0.2, 0.25) is 5.91 Å². The van der Waals surface area contributed by atoms with Gasteiger partial charge in [-0.2, -0.15) is 0 Å². The highest BCUT2D eigenvalue weighted by atomic mass is 16.1. The van der Waals surface area contributed by atoms with Gasteiger partial charge in [-0.25, -0.2) is 0 Å². The highest BCUT2D eigenvalue weighted by molar-refractivity contribution is 5.75. The number of rotatable bonds is 5. The first kappa shape index (κ1) is 12.2. The summed E-state index contributed by atoms with van der Waals surface area (Å²) in [6.07, 6.45) is 4.53. The van der Waals surface area contributed by atoms with E-state index in [2.05, 4.69) is 10.2 Å². The van der Waals surface area contributed by atoms with Crippen LogP contribution in [-0.4, -0.2) is 43.8 Å². The first-order valence-electron chi connectivity index (χ1n) is 5.64. The molecule has 1 amide bonds. The number of likely N-dealkylation sites (tertiary alicyclic amines) is 1. The van der Waals surface area contributed by atoms with Gasteiger partial charge in [0.1, 0.15) is 6.29 Å². The molecule has 0 radical (unpaired) electrons. The summed E-state index contributed by atoms with van der Waals surface area (Å²) in [5.74, 6) is 0.373. The summed E-state index contributed by atoms with van der Waals surface area (Å²) in [4.78, 5) is 23.8. The zero-order valence-electron chi connectivity index (χ0n) is 9.37. The maximum atomic E-state index is 11.0. The third-order valence-electron chi connectivity index (χ3n) is 2.98. The number of nitrogens with one attached hydrogen (secondary N) is 1. The average molecular weight is 212 g/mol. The summed E-state index contributed by atoms with van der Waals surface area (Å²) in [5.41, 5.74) is 0. The number of piperidine rings is 1. The number of aldehydes is 1. The fourth-order valence-corrected chi connectivity index (χ4v) is 1.90. The third kappa shape index (κ3) is 4.42. The molecule has 0 unspecified atom stereocenters. The molecular weight excluding hydrogens is 192 g/mol. The van der Waals surface area contributed by atoms with Crippen molar-refractivity contribution in [1.29, 1.82) is 0 Å². The van der Waals surface area contributed by atoms with Crippen LogP contribution in [0.25, 0.3) is 0 Å². The zero-order chi connectivity index (χ0) is 11.1. The van der Waals surface area contributed by atoms with Gasteiger partial charge in [0, 0.05) is 19.4 Å². The summed E-state index contributed by atoms with van der Waals surface area (Å²) < 4.78 is 0. The number of hydrogen-bond acceptors (Lipinski definition) is 3. The lowest BCUT2D eigenvalue weighted by Gasteiger charge is -2.29. The lowest BCUT2D eigenvalue weighted by molar-refractivity contribution is -0.120. The molecule has 1 rings (SSSR count). The molecule has 15 heavy (non-hydrogen) atoms. The van der Waals surface area contributed by atoms with Crippen LogP contribution in [0.4, 0.5) is 0 Å². The van der Waals surface area contributed by atoms with Gasteiger partial charge in [-0.05, 0) is 38.9 Å². The van der Waals surface area contributed by atoms with Crippen LogP contribution < -0.4 is 5.32 Å². The van der Waals surface area contributed by atoms with E-state index in [0.717, 1.165) is 45.2 Å². The lowest BCUT2D eigenvalue weighted by Crippen LogP contribution is -2.35. The first-order valence-corrected chi connectivity index (χ1v) is 5.64. The van der Waals surface area contributed by atoms with Crippen LogP contribution in [0.5, 0.6) is 0 Å². The summed E-state index contributed by atoms with van der Waals surface area (Å²) in [5, 5.41) is 2.62. The van der Waals surface area contributed by atoms with E-state index in [0.29, 0.717) is 6.42 Å². The van der Waals surface area contributed by atoms with E-state index in [1.165, 1.54) is 0 Å². The van der Waals surface area contributed by atoms with Gasteiger partial charge in [-0.1, -0.05) is 0 Å². The maximum Gasteiger partial charge on any atom is 0.219 e. The van der Waals surface area contributed by atoms with Crippen molar-refractivity contribution >= 4 is 12.2 Å². The summed E-state index contributed by atoms with van der Waals surface area (Å²) in [7, 11) is 1.66. The second kappa shape index (κ2) is 6.56. The third-order valence-corrected chi connectivity index (χ3v) is 2.98. The van der Waals surface area contributed by atoms with Crippen molar-refractivity contribution in [2.24, 2.45) is 5.92 Å². The van der Waals surface area contributed by atoms with Crippen molar-refractivity contribution < 1.29 is 9.59 Å². The van der Waals surface area contributed by atoms with Crippen molar-refractivity contribution in [3.63, 3.8) is 0 Å². The van der Waals surface area contributed by atoms with Crippen molar-refractivity contribution in [3.8, 4) is 0 Å². The standard InChI is InChI=1S/C11H20N2O2/c1-12-11(15)3-2-6-13-7-4-10(9-14)5-8-13/h9-10H,2-8H2,1H3,(H,12,15). The molecule has 4 nitrogen and oxygen atoms in total. The minimum atomic E-state index is 0.109. The van der Waals surface area contributed by atoms with Crippen molar-refractivity contribution in [1.82, 2.24) is 10.2 Å². The second-order valence-corrected chi connectivity index (χ2v) is 4.09. The summed E-state index contributed by atoms with van der Waals surface area (Å²) >= 11 is 0. The van der Waals surface area contributed by atoms with E-state index < -0.39 is 0 Å². The molecule has 1 N–H and O–H groups in total. The smallest absolute Gasteiger partial charge is 0.219 e. The van der Waals surface area contributed by atoms with Gasteiger partial charge in [0.15, 0.2) is 0 Å². The van der Waals surface area contributed by atoms with Gasteiger partial charge in [0.25, 0.3) is 0 Å². The Bertz CT molecular complexity index is 211. The molecular formula is C11H20N2O2. The topological polar surface area (TPSA) is 49.4 Å². The largest absolute Gasteiger partial charge is 0.359 e. The van der Waals surface area contributed by atoms with Gasteiger partial charge < -0.3 is 15.0 Å². The fraction of sp³-hybridized carbons (Fsp3) is 0.818. The number of hydrogen-bond donors (Lipinski definition) is 1. The maximum absolute atomic E-state index is 11.0. The Balaban J connectivity index is 2.08. The molecule has 1 aliphatic rings. The van der Waals surface area contributed by atoms with Gasteiger partial charge in [-0.3, -0.25) is 4.79 Å². The van der Waals surface area contributed by atoms with E-state index in [1.54, 1.807) is 7.05 Å². The summed E-state index contributed by atoms with van der Waals surface area (Å²) in [6, 6.07) is 0. The van der Waals surface area contributed by atoms with E-state index in [9.17, 15) is 9.59 Å². The molecule has 0 aliphatic carbocycles. The number of carbonyl (C=O) groups excluding carboxylic acids is 2. The Kier molecular flexibility index (Phi) is 5.32. The normalized spacial score (nSPS) is 18.7. The molecule has 0 spiro atoms. The first-order chi connectivity index (χ1) is 7.26. The van der Waals surface area contributed by atoms with Crippen LogP contribution in [0.1, 0.15) is 25.7 Å². The predicted octanol–water partition coefficient (Wildman–Crippen LogP) is 0.424. The van der Waals surface area contributed by atoms with E-state index in [1.807, 2.05) is 0 Å². The van der Waals surface area contributed by atoms with Gasteiger partial charge >= 0.3 is 0 Å². The number of carbonyl (C=O) groups is 2. The Morgan fingerprint density at radius 2 is 2.13 bits per heavy atom. The molecule has 1 fully saturated rings. The van der Waals surface area contributed by atoms with Crippen LogP contribution in [0.2, 0.25) is 0 Å². The average Bonchev–Trinajstić information content (AvgIpc) is 2.29. The molecule has 86 valence electrons. The van der Waals surface area contributed by atoms with Crippen LogP contribution >= 0.6 is 0 Å². The molecule has 0 saturated carbocycles. The van der Waals surface area contributed by atoms with Crippen molar-refractivity contribution in [2.75, 3.05) is 26.7 Å². The van der Waals surface area contributed by atoms with Crippen LogP contribution in [-0.2, 0) is 9.59 Å². The number of amides is 1. The molecule has 1 saturated heterocycles. The fourth-order valence-electron chi connectivity index (χ4n) is 1.90. The Labute approximate surface area is 91.0 Å². The number of nitrogens with zero attached hydrogens (tertiary/aromatic N) is 1. The zero-order valence-corrected chi connectivity index (χ0v) is 9.37. The molecule has 4 heteroatoms. The van der Waals surface area contributed by atoms with Gasteiger partial charge in [0.05, 0.1) is 0 Å². The van der Waals surface area contributed by atoms with E-state index >= 15 is 0 Å². The van der Waals surface area contributed by atoms with Gasteiger partial charge in [-0.15, -0.1) is 0 Å². The SMILES string of the molecule is CNC(=O)CCCN1CCC(C=O)CC1. The highest BCUT2D eigenvalue weighted by Gasteiger charge is 2.17. The van der Waals surface area contributed by atoms with Crippen LogP contribution in [0.15, 0.2) is 0 Å². The minimum absolute atomic E-state index is 0.109. The lowest BCUT2D eigenvalue weighted by atomic mass is 9.98.